The zero-order valence-electron chi connectivity index (χ0n) is 23.7. The summed E-state index contributed by atoms with van der Waals surface area (Å²) in [6.45, 7) is 17.3. The van der Waals surface area contributed by atoms with Crippen LogP contribution in [0, 0.1) is 34.5 Å². The molecule has 0 amide bonds. The molecule has 0 aliphatic heterocycles. The van der Waals surface area contributed by atoms with Crippen LogP contribution in [0.25, 0.3) is 0 Å². The van der Waals surface area contributed by atoms with E-state index in [2.05, 4.69) is 78.0 Å². The van der Waals surface area contributed by atoms with Crippen molar-refractivity contribution in [2.45, 2.75) is 129 Å². The van der Waals surface area contributed by atoms with Crippen LogP contribution in [0.4, 0.5) is 0 Å². The molecular weight excluding hydrogens is 444 g/mol. The highest BCUT2D eigenvalue weighted by Gasteiger charge is 2.62. The van der Waals surface area contributed by atoms with E-state index in [9.17, 15) is 5.11 Å². The molecule has 0 spiro atoms. The summed E-state index contributed by atoms with van der Waals surface area (Å²) < 4.78 is 7.14. The molecule has 35 heavy (non-hydrogen) atoms. The fourth-order valence-corrected chi connectivity index (χ4v) is 10.6. The number of aliphatic hydroxyl groups is 1. The first-order valence-electron chi connectivity index (χ1n) is 14.7. The minimum Gasteiger partial charge on any atom is -0.413 e. The van der Waals surface area contributed by atoms with Crippen LogP contribution in [0.2, 0.25) is 18.1 Å². The summed E-state index contributed by atoms with van der Waals surface area (Å²) in [7, 11) is -1.76. The minimum absolute atomic E-state index is 0.281. The average molecular weight is 497 g/mol. The molecular formula is C32H52O2Si. The summed E-state index contributed by atoms with van der Waals surface area (Å²) in [6, 6.07) is 10.7. The van der Waals surface area contributed by atoms with Gasteiger partial charge in [0.15, 0.2) is 8.32 Å². The predicted octanol–water partition coefficient (Wildman–Crippen LogP) is 8.39. The van der Waals surface area contributed by atoms with Crippen LogP contribution in [0.1, 0.15) is 98.0 Å². The van der Waals surface area contributed by atoms with Crippen molar-refractivity contribution in [2.75, 3.05) is 0 Å². The molecule has 1 aromatic rings. The van der Waals surface area contributed by atoms with Gasteiger partial charge in [0.05, 0.1) is 11.7 Å². The van der Waals surface area contributed by atoms with Gasteiger partial charge in [0, 0.05) is 6.42 Å². The van der Waals surface area contributed by atoms with Gasteiger partial charge in [0.1, 0.15) is 0 Å². The van der Waals surface area contributed by atoms with E-state index in [4.69, 9.17) is 4.43 Å². The van der Waals surface area contributed by atoms with Gasteiger partial charge in [0.2, 0.25) is 0 Å². The van der Waals surface area contributed by atoms with Gasteiger partial charge in [-0.2, -0.15) is 0 Å². The summed E-state index contributed by atoms with van der Waals surface area (Å²) in [5.41, 5.74) is 1.55. The number of hydrogen-bond acceptors (Lipinski definition) is 2. The van der Waals surface area contributed by atoms with Crippen LogP contribution in [0.15, 0.2) is 30.3 Å². The molecule has 4 aliphatic carbocycles. The first-order chi connectivity index (χ1) is 16.3. The van der Waals surface area contributed by atoms with E-state index in [1.165, 1.54) is 50.5 Å². The Morgan fingerprint density at radius 2 is 1.57 bits per heavy atom. The molecule has 0 bridgehead atoms. The summed E-state index contributed by atoms with van der Waals surface area (Å²) in [5, 5.41) is 11.9. The van der Waals surface area contributed by atoms with Crippen molar-refractivity contribution in [3.05, 3.63) is 35.9 Å². The molecule has 1 N–H and O–H groups in total. The third kappa shape index (κ3) is 4.40. The Morgan fingerprint density at radius 3 is 2.26 bits per heavy atom. The highest BCUT2D eigenvalue weighted by molar-refractivity contribution is 6.74. The van der Waals surface area contributed by atoms with Crippen LogP contribution in [-0.2, 0) is 10.8 Å². The third-order valence-electron chi connectivity index (χ3n) is 12.4. The second kappa shape index (κ2) is 8.70. The molecule has 5 rings (SSSR count). The van der Waals surface area contributed by atoms with Gasteiger partial charge >= 0.3 is 0 Å². The standard InChI is InChI=1S/C32H52O2Si/c1-29(2,3)35(6,7)34-28-16-15-26-25-14-13-24-22-32(33,21-23-11-9-8-10-12-23)20-19-30(24,4)27(25)17-18-31(26,28)5/h8-12,24-28,33H,13-22H2,1-7H3/t24-,25-,26-,27-,28-,30-,31-,32+/m0/s1. The van der Waals surface area contributed by atoms with Gasteiger partial charge in [-0.3, -0.25) is 0 Å². The summed E-state index contributed by atoms with van der Waals surface area (Å²) in [4.78, 5) is 0. The Hall–Kier alpha value is -0.643. The molecule has 1 aromatic carbocycles. The topological polar surface area (TPSA) is 29.5 Å². The van der Waals surface area contributed by atoms with Crippen molar-refractivity contribution in [3.63, 3.8) is 0 Å². The predicted molar refractivity (Wildman–Crippen MR) is 149 cm³/mol. The van der Waals surface area contributed by atoms with Gasteiger partial charge in [-0.15, -0.1) is 0 Å². The molecule has 0 unspecified atom stereocenters. The fraction of sp³-hybridized carbons (Fsp3) is 0.812. The first-order valence-corrected chi connectivity index (χ1v) is 17.6. The number of rotatable bonds is 4. The Morgan fingerprint density at radius 1 is 0.886 bits per heavy atom. The average Bonchev–Trinajstić information content (AvgIpc) is 3.10. The van der Waals surface area contributed by atoms with E-state index >= 15 is 0 Å². The molecule has 0 saturated heterocycles. The maximum Gasteiger partial charge on any atom is 0.192 e. The molecule has 4 aliphatic rings. The van der Waals surface area contributed by atoms with Gasteiger partial charge in [0.25, 0.3) is 0 Å². The fourth-order valence-electron chi connectivity index (χ4n) is 9.14. The monoisotopic (exact) mass is 496 g/mol. The summed E-state index contributed by atoms with van der Waals surface area (Å²) in [6.07, 6.45) is 12.5. The normalized spacial score (nSPS) is 43.8. The molecule has 4 saturated carbocycles. The number of fused-ring (bicyclic) bond motifs is 5. The smallest absolute Gasteiger partial charge is 0.192 e. The highest BCUT2D eigenvalue weighted by atomic mass is 28.4. The Kier molecular flexibility index (Phi) is 6.46. The molecule has 3 heteroatoms. The van der Waals surface area contributed by atoms with E-state index in [-0.39, 0.29) is 5.04 Å². The number of hydrogen-bond donors (Lipinski definition) is 1. The zero-order valence-corrected chi connectivity index (χ0v) is 24.7. The Balaban J connectivity index is 1.31. The van der Waals surface area contributed by atoms with E-state index in [0.717, 1.165) is 37.0 Å². The van der Waals surface area contributed by atoms with Crippen molar-refractivity contribution < 1.29 is 9.53 Å². The van der Waals surface area contributed by atoms with Crippen LogP contribution in [-0.4, -0.2) is 25.1 Å². The Labute approximate surface area is 216 Å². The van der Waals surface area contributed by atoms with Crippen molar-refractivity contribution in [1.29, 1.82) is 0 Å². The van der Waals surface area contributed by atoms with Crippen LogP contribution in [0.5, 0.6) is 0 Å². The maximum atomic E-state index is 11.7. The number of benzene rings is 1. The molecule has 0 heterocycles. The molecule has 8 atom stereocenters. The third-order valence-corrected chi connectivity index (χ3v) is 16.8. The second-order valence-corrected chi connectivity index (χ2v) is 20.0. The lowest BCUT2D eigenvalue weighted by Crippen LogP contribution is -2.57. The molecule has 0 radical (unpaired) electrons. The van der Waals surface area contributed by atoms with E-state index < -0.39 is 13.9 Å². The summed E-state index contributed by atoms with van der Waals surface area (Å²) in [5.74, 6) is 3.21. The second-order valence-electron chi connectivity index (χ2n) is 15.2. The highest BCUT2D eigenvalue weighted by Crippen LogP contribution is 2.67. The minimum atomic E-state index is -1.76. The quantitative estimate of drug-likeness (QED) is 0.424. The Bertz CT molecular complexity index is 906. The lowest BCUT2D eigenvalue weighted by Gasteiger charge is -2.62. The van der Waals surface area contributed by atoms with E-state index in [1.54, 1.807) is 0 Å². The molecule has 196 valence electrons. The zero-order chi connectivity index (χ0) is 25.3. The van der Waals surface area contributed by atoms with E-state index in [0.29, 0.717) is 22.9 Å². The van der Waals surface area contributed by atoms with Gasteiger partial charge in [-0.05, 0) is 116 Å². The van der Waals surface area contributed by atoms with Crippen molar-refractivity contribution in [3.8, 4) is 0 Å². The molecule has 2 nitrogen and oxygen atoms in total. The van der Waals surface area contributed by atoms with Crippen molar-refractivity contribution >= 4 is 8.32 Å². The van der Waals surface area contributed by atoms with Gasteiger partial charge in [-0.25, -0.2) is 0 Å². The van der Waals surface area contributed by atoms with Gasteiger partial charge < -0.3 is 9.53 Å². The van der Waals surface area contributed by atoms with Crippen molar-refractivity contribution in [1.82, 2.24) is 0 Å². The van der Waals surface area contributed by atoms with Crippen molar-refractivity contribution in [2.24, 2.45) is 34.5 Å². The SMILES string of the molecule is CC(C)(C)[Si](C)(C)O[C@H]1CC[C@H]2[C@@H]3CC[C@H]4C[C@](O)(Cc5ccccc5)CC[C@]4(C)[C@H]3CC[C@]12C. The van der Waals surface area contributed by atoms with E-state index in [1.807, 2.05) is 0 Å². The summed E-state index contributed by atoms with van der Waals surface area (Å²) >= 11 is 0. The maximum absolute atomic E-state index is 11.7. The molecule has 4 fully saturated rings. The van der Waals surface area contributed by atoms with Gasteiger partial charge in [-0.1, -0.05) is 65.0 Å². The largest absolute Gasteiger partial charge is 0.413 e. The lowest BCUT2D eigenvalue weighted by atomic mass is 9.44. The van der Waals surface area contributed by atoms with Crippen LogP contribution in [0.3, 0.4) is 0 Å². The van der Waals surface area contributed by atoms with Crippen LogP contribution >= 0.6 is 0 Å². The van der Waals surface area contributed by atoms with Crippen LogP contribution < -0.4 is 0 Å². The lowest BCUT2D eigenvalue weighted by molar-refractivity contribution is -0.153. The first kappa shape index (κ1) is 26.0. The molecule has 0 aromatic heterocycles.